The van der Waals surface area contributed by atoms with E-state index in [0.29, 0.717) is 23.2 Å². The molecule has 0 atom stereocenters. The molecule has 0 saturated heterocycles. The average Bonchev–Trinajstić information content (AvgIpc) is 2.86. The van der Waals surface area contributed by atoms with Crippen LogP contribution in [0.3, 0.4) is 0 Å². The van der Waals surface area contributed by atoms with E-state index < -0.39 is 17.8 Å². The van der Waals surface area contributed by atoms with E-state index in [2.05, 4.69) is 36.3 Å². The molecule has 0 unspecified atom stereocenters. The zero-order valence-electron chi connectivity index (χ0n) is 19.2. The van der Waals surface area contributed by atoms with Crippen molar-refractivity contribution in [2.24, 2.45) is 0 Å². The van der Waals surface area contributed by atoms with Gasteiger partial charge in [-0.05, 0) is 30.7 Å². The van der Waals surface area contributed by atoms with Crippen molar-refractivity contribution in [1.29, 1.82) is 0 Å². The van der Waals surface area contributed by atoms with Crippen molar-refractivity contribution in [3.8, 4) is 22.8 Å². The van der Waals surface area contributed by atoms with Crippen molar-refractivity contribution in [3.63, 3.8) is 0 Å². The lowest BCUT2D eigenvalue weighted by Crippen LogP contribution is -2.33. The highest BCUT2D eigenvalue weighted by molar-refractivity contribution is 5.91. The molecule has 0 aliphatic heterocycles. The normalized spacial score (nSPS) is 11.0. The number of hydrogen-bond acceptors (Lipinski definition) is 7. The molecule has 3 aromatic rings. The van der Waals surface area contributed by atoms with Gasteiger partial charge in [0.2, 0.25) is 23.5 Å². The van der Waals surface area contributed by atoms with Gasteiger partial charge in [-0.15, -0.1) is 20.4 Å². The van der Waals surface area contributed by atoms with Gasteiger partial charge in [-0.25, -0.2) is 4.79 Å². The van der Waals surface area contributed by atoms with E-state index in [0.717, 1.165) is 12.1 Å². The number of carbonyl (C=O) groups excluding carboxylic acids is 2. The van der Waals surface area contributed by atoms with E-state index in [1.54, 1.807) is 24.3 Å². The van der Waals surface area contributed by atoms with Crippen LogP contribution in [0.4, 0.5) is 23.7 Å². The van der Waals surface area contributed by atoms with Crippen LogP contribution in [0.15, 0.2) is 48.5 Å². The lowest BCUT2D eigenvalue weighted by Gasteiger charge is -2.08. The molecule has 4 N–H and O–H groups in total. The third-order valence-electron chi connectivity index (χ3n) is 4.88. The fraction of sp³-hybridized carbons (Fsp3) is 0.261. The van der Waals surface area contributed by atoms with Gasteiger partial charge < -0.3 is 21.1 Å². The van der Waals surface area contributed by atoms with Gasteiger partial charge in [0.15, 0.2) is 0 Å². The molecule has 1 heterocycles. The molecule has 0 spiro atoms. The van der Waals surface area contributed by atoms with Gasteiger partial charge in [-0.2, -0.15) is 13.2 Å². The van der Waals surface area contributed by atoms with E-state index in [9.17, 15) is 27.6 Å². The highest BCUT2D eigenvalue weighted by atomic mass is 19.4. The highest BCUT2D eigenvalue weighted by Gasteiger charge is 2.30. The summed E-state index contributed by atoms with van der Waals surface area (Å²) < 4.78 is 38.2. The molecule has 0 bridgehead atoms. The first kappa shape index (κ1) is 27.0. The van der Waals surface area contributed by atoms with Crippen molar-refractivity contribution in [3.05, 3.63) is 54.1 Å². The van der Waals surface area contributed by atoms with Gasteiger partial charge in [-0.1, -0.05) is 24.3 Å². The summed E-state index contributed by atoms with van der Waals surface area (Å²) in [5.41, 5.74) is 0.501. The number of amides is 3. The Balaban J connectivity index is 1.51. The van der Waals surface area contributed by atoms with Gasteiger partial charge in [0.1, 0.15) is 0 Å². The van der Waals surface area contributed by atoms with Crippen LogP contribution < -0.4 is 16.0 Å². The zero-order valence-corrected chi connectivity index (χ0v) is 19.2. The van der Waals surface area contributed by atoms with Crippen molar-refractivity contribution in [2.75, 3.05) is 18.4 Å². The SMILES string of the molecule is O=C(O)NCCNC(=O)CCCC(=O)Nc1cccc(-c2nnc(-c3ccc(C(F)(F)F)cc3)nn2)c1. The number of carboxylic acid groups (broad SMARTS) is 1. The predicted octanol–water partition coefficient (Wildman–Crippen LogP) is 3.11. The second kappa shape index (κ2) is 12.4. The highest BCUT2D eigenvalue weighted by Crippen LogP contribution is 2.30. The largest absolute Gasteiger partial charge is 0.465 e. The second-order valence-corrected chi connectivity index (χ2v) is 7.69. The third kappa shape index (κ3) is 8.52. The number of nitrogens with one attached hydrogen (secondary N) is 3. The maximum atomic E-state index is 12.7. The molecule has 0 aliphatic rings. The third-order valence-corrected chi connectivity index (χ3v) is 4.88. The second-order valence-electron chi connectivity index (χ2n) is 7.69. The molecular weight excluding hydrogens is 495 g/mol. The molecular formula is C23H22F3N7O4. The van der Waals surface area contributed by atoms with Gasteiger partial charge in [0.25, 0.3) is 0 Å². The van der Waals surface area contributed by atoms with Gasteiger partial charge >= 0.3 is 12.3 Å². The number of benzene rings is 2. The van der Waals surface area contributed by atoms with E-state index in [1.807, 2.05) is 0 Å². The topological polar surface area (TPSA) is 159 Å². The lowest BCUT2D eigenvalue weighted by molar-refractivity contribution is -0.137. The molecule has 1 aromatic heterocycles. The minimum Gasteiger partial charge on any atom is -0.465 e. The maximum Gasteiger partial charge on any atom is 0.416 e. The number of rotatable bonds is 10. The monoisotopic (exact) mass is 517 g/mol. The number of hydrogen-bond donors (Lipinski definition) is 4. The smallest absolute Gasteiger partial charge is 0.416 e. The van der Waals surface area contributed by atoms with Crippen molar-refractivity contribution >= 4 is 23.6 Å². The summed E-state index contributed by atoms with van der Waals surface area (Å²) in [5.74, 6) is -0.392. The Hall–Kier alpha value is -4.62. The Labute approximate surface area is 208 Å². The lowest BCUT2D eigenvalue weighted by atomic mass is 10.1. The summed E-state index contributed by atoms with van der Waals surface area (Å²) in [5, 5.41) is 31.7. The number of carbonyl (C=O) groups is 3. The minimum atomic E-state index is -4.45. The summed E-state index contributed by atoms with van der Waals surface area (Å²) in [7, 11) is 0. The Bertz CT molecular complexity index is 1240. The Kier molecular flexibility index (Phi) is 9.02. The van der Waals surface area contributed by atoms with E-state index >= 15 is 0 Å². The first-order valence-corrected chi connectivity index (χ1v) is 11.0. The number of halogens is 3. The summed E-state index contributed by atoms with van der Waals surface area (Å²) >= 11 is 0. The van der Waals surface area contributed by atoms with E-state index in [4.69, 9.17) is 5.11 Å². The minimum absolute atomic E-state index is 0.0594. The zero-order chi connectivity index (χ0) is 26.8. The van der Waals surface area contributed by atoms with Crippen molar-refractivity contribution in [2.45, 2.75) is 25.4 Å². The molecule has 0 aliphatic carbocycles. The molecule has 11 nitrogen and oxygen atoms in total. The van der Waals surface area contributed by atoms with E-state index in [-0.39, 0.29) is 49.4 Å². The van der Waals surface area contributed by atoms with Crippen LogP contribution in [-0.4, -0.2) is 56.5 Å². The molecule has 0 fully saturated rings. The standard InChI is InChI=1S/C23H22F3N7O4/c24-23(25,26)16-9-7-14(8-10-16)20-30-32-21(33-31-20)15-3-1-4-17(13-15)29-19(35)6-2-5-18(34)27-11-12-28-22(36)37/h1,3-4,7-10,13,28H,2,5-6,11-12H2,(H,27,34)(H,29,35)(H,36,37). The van der Waals surface area contributed by atoms with Gasteiger partial charge in [-0.3, -0.25) is 9.59 Å². The fourth-order valence-electron chi connectivity index (χ4n) is 3.10. The molecule has 0 radical (unpaired) electrons. The number of anilines is 1. The molecule has 37 heavy (non-hydrogen) atoms. The summed E-state index contributed by atoms with van der Waals surface area (Å²) in [6.45, 7) is 0.242. The predicted molar refractivity (Wildman–Crippen MR) is 125 cm³/mol. The molecule has 3 amide bonds. The first-order chi connectivity index (χ1) is 17.6. The summed E-state index contributed by atoms with van der Waals surface area (Å²) in [4.78, 5) is 34.3. The Morgan fingerprint density at radius 1 is 0.784 bits per heavy atom. The van der Waals surface area contributed by atoms with Crippen LogP contribution in [-0.2, 0) is 15.8 Å². The number of aromatic nitrogens is 4. The molecule has 14 heteroatoms. The maximum absolute atomic E-state index is 12.7. The molecule has 0 saturated carbocycles. The molecule has 2 aromatic carbocycles. The number of alkyl halides is 3. The fourth-order valence-corrected chi connectivity index (χ4v) is 3.10. The Morgan fingerprint density at radius 2 is 1.38 bits per heavy atom. The van der Waals surface area contributed by atoms with Crippen LogP contribution in [0.25, 0.3) is 22.8 Å². The van der Waals surface area contributed by atoms with Crippen molar-refractivity contribution in [1.82, 2.24) is 31.0 Å². The Morgan fingerprint density at radius 3 is 2.00 bits per heavy atom. The van der Waals surface area contributed by atoms with Gasteiger partial charge in [0.05, 0.1) is 5.56 Å². The van der Waals surface area contributed by atoms with Crippen LogP contribution in [0, 0.1) is 0 Å². The van der Waals surface area contributed by atoms with Crippen molar-refractivity contribution < 1.29 is 32.7 Å². The van der Waals surface area contributed by atoms with Crippen LogP contribution in [0.5, 0.6) is 0 Å². The molecule has 194 valence electrons. The van der Waals surface area contributed by atoms with Crippen LogP contribution in [0.1, 0.15) is 24.8 Å². The first-order valence-electron chi connectivity index (χ1n) is 11.0. The average molecular weight is 517 g/mol. The number of nitrogens with zero attached hydrogens (tertiary/aromatic N) is 4. The summed E-state index contributed by atoms with van der Waals surface area (Å²) in [6.07, 6.45) is -5.13. The summed E-state index contributed by atoms with van der Waals surface area (Å²) in [6, 6.07) is 10.9. The van der Waals surface area contributed by atoms with Crippen LogP contribution in [0.2, 0.25) is 0 Å². The molecule has 3 rings (SSSR count). The van der Waals surface area contributed by atoms with Gasteiger partial charge in [0, 0.05) is 42.7 Å². The van der Waals surface area contributed by atoms with Crippen LogP contribution >= 0.6 is 0 Å². The quantitative estimate of drug-likeness (QED) is 0.299. The van der Waals surface area contributed by atoms with E-state index in [1.165, 1.54) is 12.1 Å².